The maximum absolute atomic E-state index is 13.0. The third kappa shape index (κ3) is 3.80. The van der Waals surface area contributed by atoms with Gasteiger partial charge in [0.25, 0.3) is 5.91 Å². The first-order valence-electron chi connectivity index (χ1n) is 9.50. The molecule has 1 unspecified atom stereocenters. The number of hydrogen-bond acceptors (Lipinski definition) is 3. The van der Waals surface area contributed by atoms with Crippen LogP contribution >= 0.6 is 0 Å². The van der Waals surface area contributed by atoms with Crippen LogP contribution in [0.15, 0.2) is 72.8 Å². The molecule has 5 nitrogen and oxygen atoms in total. The molecule has 1 atom stereocenters. The van der Waals surface area contributed by atoms with Crippen LogP contribution in [0.5, 0.6) is 0 Å². The molecule has 3 N–H and O–H groups in total. The monoisotopic (exact) mass is 383 g/mol. The molecule has 1 aromatic heterocycles. The van der Waals surface area contributed by atoms with Crippen LogP contribution in [0.25, 0.3) is 32.9 Å². The van der Waals surface area contributed by atoms with Gasteiger partial charge in [0.15, 0.2) is 0 Å². The predicted molar refractivity (Wildman–Crippen MR) is 115 cm³/mol. The molecule has 5 heteroatoms. The van der Waals surface area contributed by atoms with Gasteiger partial charge in [-0.05, 0) is 29.8 Å². The Bertz CT molecular complexity index is 1230. The van der Waals surface area contributed by atoms with Crippen molar-refractivity contribution in [2.24, 2.45) is 5.73 Å². The molecule has 0 spiro atoms. The lowest BCUT2D eigenvalue weighted by Gasteiger charge is -2.15. The minimum atomic E-state index is -0.450. The summed E-state index contributed by atoms with van der Waals surface area (Å²) in [5.74, 6) is -0.701. The number of primary amides is 1. The van der Waals surface area contributed by atoms with Gasteiger partial charge in [0.1, 0.15) is 0 Å². The summed E-state index contributed by atoms with van der Waals surface area (Å²) >= 11 is 0. The van der Waals surface area contributed by atoms with E-state index in [4.69, 9.17) is 10.7 Å². The molecule has 144 valence electrons. The van der Waals surface area contributed by atoms with Crippen molar-refractivity contribution in [1.82, 2.24) is 10.3 Å². The first-order chi connectivity index (χ1) is 14.0. The molecule has 3 aromatic carbocycles. The molecule has 0 bridgehead atoms. The molecule has 1 heterocycles. The van der Waals surface area contributed by atoms with Crippen molar-refractivity contribution < 1.29 is 9.59 Å². The molecular formula is C24H21N3O2. The summed E-state index contributed by atoms with van der Waals surface area (Å²) in [5, 5.41) is 5.82. The molecule has 0 radical (unpaired) electrons. The number of carbonyl (C=O) groups is 2. The maximum Gasteiger partial charge on any atom is 0.252 e. The second-order valence-corrected chi connectivity index (χ2v) is 7.14. The molecule has 0 saturated heterocycles. The molecule has 0 aliphatic heterocycles. The minimum Gasteiger partial charge on any atom is -0.370 e. The van der Waals surface area contributed by atoms with Crippen molar-refractivity contribution in [2.45, 2.75) is 19.4 Å². The zero-order valence-electron chi connectivity index (χ0n) is 16.1. The first-order valence-corrected chi connectivity index (χ1v) is 9.50. The second kappa shape index (κ2) is 7.72. The van der Waals surface area contributed by atoms with Gasteiger partial charge in [-0.25, -0.2) is 4.98 Å². The van der Waals surface area contributed by atoms with Crippen molar-refractivity contribution >= 4 is 33.5 Å². The third-order valence-electron chi connectivity index (χ3n) is 4.91. The van der Waals surface area contributed by atoms with E-state index < -0.39 is 5.91 Å². The van der Waals surface area contributed by atoms with E-state index in [-0.39, 0.29) is 18.4 Å². The van der Waals surface area contributed by atoms with Crippen LogP contribution in [-0.2, 0) is 4.79 Å². The van der Waals surface area contributed by atoms with E-state index in [1.165, 1.54) is 0 Å². The van der Waals surface area contributed by atoms with Gasteiger partial charge in [-0.3, -0.25) is 9.59 Å². The summed E-state index contributed by atoms with van der Waals surface area (Å²) < 4.78 is 0. The van der Waals surface area contributed by atoms with Crippen LogP contribution in [-0.4, -0.2) is 22.8 Å². The molecule has 0 fully saturated rings. The standard InChI is InChI=1S/C24H21N3O2/c1-15(13-23(25)28)26-24(29)20-14-22(27-21-12-5-4-10-19(20)21)18-11-6-8-16-7-2-3-9-17(16)18/h2-12,14-15H,13H2,1H3,(H2,25,28)(H,26,29). The molecule has 4 aromatic rings. The summed E-state index contributed by atoms with van der Waals surface area (Å²) in [7, 11) is 0. The first kappa shape index (κ1) is 18.6. The van der Waals surface area contributed by atoms with Crippen LogP contribution in [0.3, 0.4) is 0 Å². The number of nitrogens with one attached hydrogen (secondary N) is 1. The Morgan fingerprint density at radius 3 is 2.45 bits per heavy atom. The highest BCUT2D eigenvalue weighted by Gasteiger charge is 2.17. The second-order valence-electron chi connectivity index (χ2n) is 7.14. The normalized spacial score (nSPS) is 12.0. The minimum absolute atomic E-state index is 0.0882. The summed E-state index contributed by atoms with van der Waals surface area (Å²) in [6.45, 7) is 1.76. The van der Waals surface area contributed by atoms with Crippen LogP contribution < -0.4 is 11.1 Å². The smallest absolute Gasteiger partial charge is 0.252 e. The van der Waals surface area contributed by atoms with Gasteiger partial charge >= 0.3 is 0 Å². The number of hydrogen-bond donors (Lipinski definition) is 2. The third-order valence-corrected chi connectivity index (χ3v) is 4.91. The molecular weight excluding hydrogens is 362 g/mol. The highest BCUT2D eigenvalue weighted by atomic mass is 16.2. The Hall–Kier alpha value is -3.73. The van der Waals surface area contributed by atoms with E-state index in [0.29, 0.717) is 5.56 Å². The Kier molecular flexibility index (Phi) is 4.96. The lowest BCUT2D eigenvalue weighted by Crippen LogP contribution is -2.35. The average Bonchev–Trinajstić information content (AvgIpc) is 2.71. The molecule has 2 amide bonds. The highest BCUT2D eigenvalue weighted by Crippen LogP contribution is 2.30. The number of fused-ring (bicyclic) bond motifs is 2. The van der Waals surface area contributed by atoms with Gasteiger partial charge in [-0.2, -0.15) is 0 Å². The molecule has 0 saturated carbocycles. The van der Waals surface area contributed by atoms with E-state index in [0.717, 1.165) is 32.9 Å². The van der Waals surface area contributed by atoms with Crippen molar-refractivity contribution in [3.05, 3.63) is 78.4 Å². The van der Waals surface area contributed by atoms with Gasteiger partial charge < -0.3 is 11.1 Å². The van der Waals surface area contributed by atoms with Crippen LogP contribution in [0, 0.1) is 0 Å². The average molecular weight is 383 g/mol. The van der Waals surface area contributed by atoms with E-state index in [1.807, 2.05) is 54.6 Å². The van der Waals surface area contributed by atoms with E-state index in [2.05, 4.69) is 23.5 Å². The fraction of sp³-hybridized carbons (Fsp3) is 0.125. The molecule has 0 aliphatic rings. The van der Waals surface area contributed by atoms with Gasteiger partial charge in [-0.1, -0.05) is 60.7 Å². The SMILES string of the molecule is CC(CC(N)=O)NC(=O)c1cc(-c2cccc3ccccc23)nc2ccccc12. The fourth-order valence-corrected chi connectivity index (χ4v) is 3.60. The summed E-state index contributed by atoms with van der Waals surface area (Å²) in [6, 6.07) is 23.2. The highest BCUT2D eigenvalue weighted by molar-refractivity contribution is 6.08. The van der Waals surface area contributed by atoms with Crippen molar-refractivity contribution in [3.63, 3.8) is 0 Å². The quantitative estimate of drug-likeness (QED) is 0.545. The van der Waals surface area contributed by atoms with Crippen LogP contribution in [0.1, 0.15) is 23.7 Å². The molecule has 0 aliphatic carbocycles. The van der Waals surface area contributed by atoms with Crippen LogP contribution in [0.2, 0.25) is 0 Å². The number of nitrogens with two attached hydrogens (primary N) is 1. The summed E-state index contributed by atoms with van der Waals surface area (Å²) in [6.07, 6.45) is 0.0882. The fourth-order valence-electron chi connectivity index (χ4n) is 3.60. The zero-order valence-corrected chi connectivity index (χ0v) is 16.1. The number of amides is 2. The summed E-state index contributed by atoms with van der Waals surface area (Å²) in [4.78, 5) is 29.0. The number of rotatable bonds is 5. The molecule has 4 rings (SSSR count). The number of pyridine rings is 1. The lowest BCUT2D eigenvalue weighted by molar-refractivity contribution is -0.118. The summed E-state index contributed by atoms with van der Waals surface area (Å²) in [5.41, 5.74) is 8.21. The van der Waals surface area contributed by atoms with Gasteiger partial charge in [0.2, 0.25) is 5.91 Å². The van der Waals surface area contributed by atoms with Crippen LogP contribution in [0.4, 0.5) is 0 Å². The zero-order chi connectivity index (χ0) is 20.4. The Morgan fingerprint density at radius 2 is 1.66 bits per heavy atom. The van der Waals surface area contributed by atoms with E-state index >= 15 is 0 Å². The van der Waals surface area contributed by atoms with Gasteiger partial charge in [0.05, 0.1) is 16.8 Å². The maximum atomic E-state index is 13.0. The Labute approximate surface area is 168 Å². The van der Waals surface area contributed by atoms with E-state index in [1.54, 1.807) is 6.92 Å². The van der Waals surface area contributed by atoms with Crippen molar-refractivity contribution in [3.8, 4) is 11.3 Å². The molecule has 29 heavy (non-hydrogen) atoms. The predicted octanol–water partition coefficient (Wildman–Crippen LogP) is 4.05. The number of benzene rings is 3. The van der Waals surface area contributed by atoms with Gasteiger partial charge in [0, 0.05) is 23.4 Å². The largest absolute Gasteiger partial charge is 0.370 e. The van der Waals surface area contributed by atoms with Crippen molar-refractivity contribution in [1.29, 1.82) is 0 Å². The number of aromatic nitrogens is 1. The number of nitrogens with zero attached hydrogens (tertiary/aromatic N) is 1. The Morgan fingerprint density at radius 1 is 0.966 bits per heavy atom. The number of carbonyl (C=O) groups excluding carboxylic acids is 2. The number of para-hydroxylation sites is 1. The van der Waals surface area contributed by atoms with Gasteiger partial charge in [-0.15, -0.1) is 0 Å². The van der Waals surface area contributed by atoms with E-state index in [9.17, 15) is 9.59 Å². The Balaban J connectivity index is 1.85. The topological polar surface area (TPSA) is 85.1 Å². The van der Waals surface area contributed by atoms with Crippen molar-refractivity contribution in [2.75, 3.05) is 0 Å². The lowest BCUT2D eigenvalue weighted by atomic mass is 9.99.